The maximum atomic E-state index is 12.9. The molecular weight excluding hydrogens is 309 g/mol. The summed E-state index contributed by atoms with van der Waals surface area (Å²) < 4.78 is 38.8. The Morgan fingerprint density at radius 3 is 2.57 bits per heavy atom. The van der Waals surface area contributed by atoms with Crippen molar-refractivity contribution < 1.29 is 18.0 Å². The molecule has 0 bridgehead atoms. The minimum absolute atomic E-state index is 0.154. The molecule has 1 aliphatic heterocycles. The lowest BCUT2D eigenvalue weighted by Crippen LogP contribution is -2.22. The van der Waals surface area contributed by atoms with Gasteiger partial charge in [-0.05, 0) is 37.1 Å². The van der Waals surface area contributed by atoms with E-state index in [1.165, 1.54) is 18.3 Å². The highest BCUT2D eigenvalue weighted by molar-refractivity contribution is 6.04. The fraction of sp³-hybridized carbons (Fsp3) is 0.333. The molecule has 3 rings (SSSR count). The van der Waals surface area contributed by atoms with Crippen molar-refractivity contribution >= 4 is 17.3 Å². The Hall–Kier alpha value is -2.51. The number of hydrogen-bond acceptors (Lipinski definition) is 3. The van der Waals surface area contributed by atoms with Crippen LogP contribution in [-0.2, 0) is 6.18 Å². The Labute approximate surface area is 130 Å². The first kappa shape index (κ1) is 15.4. The highest BCUT2D eigenvalue weighted by atomic mass is 19.4. The molecule has 2 N–H and O–H groups in total. The number of aromatic amines is 1. The van der Waals surface area contributed by atoms with Crippen molar-refractivity contribution in [2.75, 3.05) is 23.3 Å². The third-order valence-corrected chi connectivity index (χ3v) is 3.76. The van der Waals surface area contributed by atoms with Gasteiger partial charge in [-0.2, -0.15) is 18.3 Å². The zero-order chi connectivity index (χ0) is 16.4. The molecule has 5 nitrogen and oxygen atoms in total. The van der Waals surface area contributed by atoms with Gasteiger partial charge in [0, 0.05) is 19.3 Å². The van der Waals surface area contributed by atoms with Crippen LogP contribution in [0.15, 0.2) is 30.5 Å². The largest absolute Gasteiger partial charge is 0.416 e. The molecule has 0 saturated carbocycles. The van der Waals surface area contributed by atoms with Crippen LogP contribution in [0.1, 0.15) is 28.9 Å². The highest BCUT2D eigenvalue weighted by Crippen LogP contribution is 2.36. The second-order valence-electron chi connectivity index (χ2n) is 5.35. The molecule has 2 aromatic rings. The summed E-state index contributed by atoms with van der Waals surface area (Å²) in [6, 6.07) is 4.89. The van der Waals surface area contributed by atoms with Crippen molar-refractivity contribution in [3.63, 3.8) is 0 Å². The van der Waals surface area contributed by atoms with Crippen LogP contribution in [0.25, 0.3) is 0 Å². The molecule has 1 saturated heterocycles. The Morgan fingerprint density at radius 1 is 1.22 bits per heavy atom. The van der Waals surface area contributed by atoms with Gasteiger partial charge in [-0.3, -0.25) is 9.89 Å². The number of benzene rings is 1. The second kappa shape index (κ2) is 5.94. The summed E-state index contributed by atoms with van der Waals surface area (Å²) in [6.07, 6.45) is -1.09. The molecule has 8 heteroatoms. The lowest BCUT2D eigenvalue weighted by Gasteiger charge is -2.22. The number of H-pyrrole nitrogens is 1. The fourth-order valence-corrected chi connectivity index (χ4v) is 2.62. The molecule has 1 aromatic carbocycles. The fourth-order valence-electron chi connectivity index (χ4n) is 2.62. The van der Waals surface area contributed by atoms with Gasteiger partial charge in [0.2, 0.25) is 0 Å². The maximum Gasteiger partial charge on any atom is 0.416 e. The highest BCUT2D eigenvalue weighted by Gasteiger charge is 2.32. The van der Waals surface area contributed by atoms with Gasteiger partial charge < -0.3 is 10.2 Å². The lowest BCUT2D eigenvalue weighted by molar-refractivity contribution is -0.137. The molecule has 2 heterocycles. The van der Waals surface area contributed by atoms with Gasteiger partial charge in [-0.25, -0.2) is 0 Å². The first-order valence-electron chi connectivity index (χ1n) is 7.22. The molecule has 1 fully saturated rings. The topological polar surface area (TPSA) is 61.0 Å². The minimum Gasteiger partial charge on any atom is -0.370 e. The molecule has 0 atom stereocenters. The number of rotatable bonds is 3. The first-order chi connectivity index (χ1) is 10.9. The molecule has 0 radical (unpaired) electrons. The van der Waals surface area contributed by atoms with Gasteiger partial charge in [-0.15, -0.1) is 0 Å². The molecule has 1 aliphatic rings. The van der Waals surface area contributed by atoms with Crippen molar-refractivity contribution in [1.29, 1.82) is 0 Å². The van der Waals surface area contributed by atoms with Crippen molar-refractivity contribution in [1.82, 2.24) is 10.2 Å². The SMILES string of the molecule is O=C(Nc1cc(C(F)(F)F)ccc1N1CCCC1)c1ccn[nH]1. The summed E-state index contributed by atoms with van der Waals surface area (Å²) in [5.41, 5.74) is 0.153. The second-order valence-corrected chi connectivity index (χ2v) is 5.35. The Balaban J connectivity index is 1.94. The van der Waals surface area contributed by atoms with Crippen LogP contribution in [0.5, 0.6) is 0 Å². The number of carbonyl (C=O) groups is 1. The standard InChI is InChI=1S/C15H15F3N4O/c16-15(17,18)10-3-4-13(22-7-1-2-8-22)12(9-10)20-14(23)11-5-6-19-21-11/h3-6,9H,1-2,7-8H2,(H,19,21)(H,20,23). The summed E-state index contributed by atoms with van der Waals surface area (Å²) >= 11 is 0. The number of carbonyl (C=O) groups excluding carboxylic acids is 1. The van der Waals surface area contributed by atoms with Crippen LogP contribution < -0.4 is 10.2 Å². The minimum atomic E-state index is -4.46. The molecule has 122 valence electrons. The number of nitrogens with zero attached hydrogens (tertiary/aromatic N) is 2. The molecular formula is C15H15F3N4O. The summed E-state index contributed by atoms with van der Waals surface area (Å²) in [7, 11) is 0. The smallest absolute Gasteiger partial charge is 0.370 e. The summed E-state index contributed by atoms with van der Waals surface area (Å²) in [5, 5.41) is 8.71. The number of amides is 1. The third kappa shape index (κ3) is 3.30. The van der Waals surface area contributed by atoms with Crippen LogP contribution in [0.3, 0.4) is 0 Å². The quantitative estimate of drug-likeness (QED) is 0.911. The first-order valence-corrected chi connectivity index (χ1v) is 7.22. The van der Waals surface area contributed by atoms with E-state index in [0.29, 0.717) is 5.69 Å². The molecule has 23 heavy (non-hydrogen) atoms. The van der Waals surface area contributed by atoms with E-state index < -0.39 is 17.6 Å². The number of aromatic nitrogens is 2. The van der Waals surface area contributed by atoms with Crippen LogP contribution in [0.4, 0.5) is 24.5 Å². The average Bonchev–Trinajstić information content (AvgIpc) is 3.20. The number of nitrogens with one attached hydrogen (secondary N) is 2. The summed E-state index contributed by atoms with van der Waals surface area (Å²) in [4.78, 5) is 14.1. The van der Waals surface area contributed by atoms with Crippen molar-refractivity contribution in [2.45, 2.75) is 19.0 Å². The van der Waals surface area contributed by atoms with Crippen LogP contribution in [-0.4, -0.2) is 29.2 Å². The van der Waals surface area contributed by atoms with Gasteiger partial charge in [-0.1, -0.05) is 0 Å². The molecule has 0 aliphatic carbocycles. The van der Waals surface area contributed by atoms with E-state index in [-0.39, 0.29) is 11.4 Å². The zero-order valence-electron chi connectivity index (χ0n) is 12.2. The van der Waals surface area contributed by atoms with E-state index in [2.05, 4.69) is 15.5 Å². The van der Waals surface area contributed by atoms with Gasteiger partial charge in [0.1, 0.15) is 5.69 Å². The van der Waals surface area contributed by atoms with Crippen LogP contribution in [0.2, 0.25) is 0 Å². The monoisotopic (exact) mass is 324 g/mol. The van der Waals surface area contributed by atoms with E-state index in [4.69, 9.17) is 0 Å². The number of hydrogen-bond donors (Lipinski definition) is 2. The van der Waals surface area contributed by atoms with E-state index in [9.17, 15) is 18.0 Å². The normalized spacial score (nSPS) is 15.0. The van der Waals surface area contributed by atoms with Crippen LogP contribution in [0, 0.1) is 0 Å². The Kier molecular flexibility index (Phi) is 3.97. The number of halogens is 3. The summed E-state index contributed by atoms with van der Waals surface area (Å²) in [6.45, 7) is 1.52. The number of alkyl halides is 3. The Bertz CT molecular complexity index is 691. The Morgan fingerprint density at radius 2 is 1.96 bits per heavy atom. The predicted molar refractivity (Wildman–Crippen MR) is 79.4 cm³/mol. The third-order valence-electron chi connectivity index (χ3n) is 3.76. The zero-order valence-corrected chi connectivity index (χ0v) is 12.2. The van der Waals surface area contributed by atoms with Crippen molar-refractivity contribution in [3.05, 3.63) is 41.7 Å². The average molecular weight is 324 g/mol. The molecule has 0 spiro atoms. The van der Waals surface area contributed by atoms with E-state index in [1.54, 1.807) is 0 Å². The van der Waals surface area contributed by atoms with Crippen LogP contribution >= 0.6 is 0 Å². The van der Waals surface area contributed by atoms with E-state index in [1.807, 2.05) is 4.90 Å². The van der Waals surface area contributed by atoms with E-state index >= 15 is 0 Å². The molecule has 1 aromatic heterocycles. The van der Waals surface area contributed by atoms with Gasteiger partial charge >= 0.3 is 6.18 Å². The lowest BCUT2D eigenvalue weighted by atomic mass is 10.1. The predicted octanol–water partition coefficient (Wildman–Crippen LogP) is 3.28. The molecule has 0 unspecified atom stereocenters. The molecule has 1 amide bonds. The maximum absolute atomic E-state index is 12.9. The number of anilines is 2. The van der Waals surface area contributed by atoms with Gasteiger partial charge in [0.15, 0.2) is 0 Å². The summed E-state index contributed by atoms with van der Waals surface area (Å²) in [5.74, 6) is -0.526. The van der Waals surface area contributed by atoms with E-state index in [0.717, 1.165) is 38.1 Å². The van der Waals surface area contributed by atoms with Gasteiger partial charge in [0.05, 0.1) is 16.9 Å². The van der Waals surface area contributed by atoms with Crippen molar-refractivity contribution in [2.24, 2.45) is 0 Å². The van der Waals surface area contributed by atoms with Gasteiger partial charge in [0.25, 0.3) is 5.91 Å². The van der Waals surface area contributed by atoms with Crippen molar-refractivity contribution in [3.8, 4) is 0 Å².